The van der Waals surface area contributed by atoms with Crippen LogP contribution in [0.4, 0.5) is 0 Å². The van der Waals surface area contributed by atoms with Crippen molar-refractivity contribution in [1.29, 1.82) is 0 Å². The minimum atomic E-state index is -0.337. The van der Waals surface area contributed by atoms with Crippen molar-refractivity contribution in [2.24, 2.45) is 0 Å². The zero-order chi connectivity index (χ0) is 14.1. The first-order chi connectivity index (χ1) is 9.69. The second-order valence-electron chi connectivity index (χ2n) is 4.62. The fraction of sp³-hybridized carbons (Fsp3) is 0.188. The summed E-state index contributed by atoms with van der Waals surface area (Å²) in [5, 5.41) is 4.14. The molecule has 0 saturated carbocycles. The van der Waals surface area contributed by atoms with Crippen molar-refractivity contribution in [3.05, 3.63) is 57.8 Å². The Balaban J connectivity index is 2.12. The number of fused-ring (bicyclic) bond motifs is 1. The van der Waals surface area contributed by atoms with E-state index in [2.05, 4.69) is 17.5 Å². The first kappa shape index (κ1) is 12.9. The Morgan fingerprint density at radius 1 is 1.35 bits per heavy atom. The maximum absolute atomic E-state index is 11.7. The van der Waals surface area contributed by atoms with Gasteiger partial charge in [-0.3, -0.25) is 0 Å². The standard InChI is InChI=1S/C16H14O3S/c1-10-7-13(12-5-6-20-9-12)14-8-11(16(17)18-2)3-4-15(14)19-10/h3-10H,1-2H3. The number of esters is 1. The van der Waals surface area contributed by atoms with Crippen LogP contribution in [0.5, 0.6) is 5.75 Å². The van der Waals surface area contributed by atoms with Crippen LogP contribution in [0.2, 0.25) is 0 Å². The molecule has 2 aromatic rings. The molecule has 0 bridgehead atoms. The maximum atomic E-state index is 11.7. The lowest BCUT2D eigenvalue weighted by molar-refractivity contribution is 0.0600. The molecule has 1 aromatic carbocycles. The Morgan fingerprint density at radius 2 is 2.20 bits per heavy atom. The molecular formula is C16H14O3S. The molecule has 0 fully saturated rings. The summed E-state index contributed by atoms with van der Waals surface area (Å²) in [5.74, 6) is 0.463. The SMILES string of the molecule is COC(=O)c1ccc2c(c1)C(c1ccsc1)=CC(C)O2. The highest BCUT2D eigenvalue weighted by molar-refractivity contribution is 7.08. The minimum absolute atomic E-state index is 0.0152. The molecule has 0 aliphatic carbocycles. The molecule has 0 radical (unpaired) electrons. The average molecular weight is 286 g/mol. The fourth-order valence-electron chi connectivity index (χ4n) is 2.32. The van der Waals surface area contributed by atoms with E-state index >= 15 is 0 Å². The molecule has 2 heterocycles. The molecule has 20 heavy (non-hydrogen) atoms. The predicted molar refractivity (Wildman–Crippen MR) is 79.3 cm³/mol. The molecule has 1 aromatic heterocycles. The van der Waals surface area contributed by atoms with Crippen LogP contribution in [0.15, 0.2) is 41.1 Å². The van der Waals surface area contributed by atoms with E-state index in [0.29, 0.717) is 5.56 Å². The number of carbonyl (C=O) groups is 1. The molecule has 1 aliphatic heterocycles. The third-order valence-electron chi connectivity index (χ3n) is 3.24. The van der Waals surface area contributed by atoms with E-state index in [-0.39, 0.29) is 12.1 Å². The first-order valence-corrected chi connectivity index (χ1v) is 7.27. The molecule has 0 saturated heterocycles. The van der Waals surface area contributed by atoms with Crippen LogP contribution >= 0.6 is 11.3 Å². The highest BCUT2D eigenvalue weighted by atomic mass is 32.1. The Kier molecular flexibility index (Phi) is 3.32. The number of benzene rings is 1. The van der Waals surface area contributed by atoms with E-state index in [1.165, 1.54) is 7.11 Å². The lowest BCUT2D eigenvalue weighted by Crippen LogP contribution is -2.16. The zero-order valence-corrected chi connectivity index (χ0v) is 12.1. The molecular weight excluding hydrogens is 272 g/mol. The second-order valence-corrected chi connectivity index (χ2v) is 5.40. The van der Waals surface area contributed by atoms with Gasteiger partial charge < -0.3 is 9.47 Å². The van der Waals surface area contributed by atoms with Gasteiger partial charge in [0.2, 0.25) is 0 Å². The van der Waals surface area contributed by atoms with Crippen molar-refractivity contribution in [2.75, 3.05) is 7.11 Å². The molecule has 1 atom stereocenters. The van der Waals surface area contributed by atoms with Crippen molar-refractivity contribution < 1.29 is 14.3 Å². The highest BCUT2D eigenvalue weighted by Crippen LogP contribution is 2.37. The molecule has 0 amide bonds. The average Bonchev–Trinajstić information content (AvgIpc) is 2.99. The largest absolute Gasteiger partial charge is 0.486 e. The summed E-state index contributed by atoms with van der Waals surface area (Å²) in [7, 11) is 1.38. The summed E-state index contributed by atoms with van der Waals surface area (Å²) in [6.07, 6.45) is 2.09. The number of methoxy groups -OCH3 is 1. The monoisotopic (exact) mass is 286 g/mol. The van der Waals surface area contributed by atoms with Crippen molar-refractivity contribution in [3.63, 3.8) is 0 Å². The number of carbonyl (C=O) groups excluding carboxylic acids is 1. The minimum Gasteiger partial charge on any atom is -0.486 e. The van der Waals surface area contributed by atoms with E-state index in [4.69, 9.17) is 9.47 Å². The van der Waals surface area contributed by atoms with Crippen LogP contribution in [0.25, 0.3) is 5.57 Å². The summed E-state index contributed by atoms with van der Waals surface area (Å²) in [6.45, 7) is 2.00. The molecule has 1 unspecified atom stereocenters. The molecule has 4 heteroatoms. The lowest BCUT2D eigenvalue weighted by atomic mass is 9.94. The molecule has 3 nitrogen and oxygen atoms in total. The summed E-state index contributed by atoms with van der Waals surface area (Å²) in [5.41, 5.74) is 3.72. The van der Waals surface area contributed by atoms with Crippen LogP contribution in [-0.4, -0.2) is 19.2 Å². The maximum Gasteiger partial charge on any atom is 0.337 e. The highest BCUT2D eigenvalue weighted by Gasteiger charge is 2.21. The van der Waals surface area contributed by atoms with Gasteiger partial charge in [0, 0.05) is 5.56 Å². The Bertz CT molecular complexity index is 671. The predicted octanol–water partition coefficient (Wildman–Crippen LogP) is 3.75. The number of hydrogen-bond donors (Lipinski definition) is 0. The van der Waals surface area contributed by atoms with Crippen LogP contribution < -0.4 is 4.74 Å². The van der Waals surface area contributed by atoms with Gasteiger partial charge in [-0.2, -0.15) is 11.3 Å². The van der Waals surface area contributed by atoms with Crippen molar-refractivity contribution in [1.82, 2.24) is 0 Å². The second kappa shape index (κ2) is 5.13. The van der Waals surface area contributed by atoms with E-state index in [0.717, 1.165) is 22.4 Å². The molecule has 3 rings (SSSR count). The van der Waals surface area contributed by atoms with Crippen molar-refractivity contribution in [3.8, 4) is 5.75 Å². The summed E-state index contributed by atoms with van der Waals surface area (Å²) < 4.78 is 10.6. The van der Waals surface area contributed by atoms with Crippen LogP contribution in [0.1, 0.15) is 28.4 Å². The lowest BCUT2D eigenvalue weighted by Gasteiger charge is -2.23. The third kappa shape index (κ3) is 2.23. The summed E-state index contributed by atoms with van der Waals surface area (Å²) in [4.78, 5) is 11.7. The van der Waals surface area contributed by atoms with E-state index < -0.39 is 0 Å². The van der Waals surface area contributed by atoms with Gasteiger partial charge in [-0.15, -0.1) is 0 Å². The Labute approximate surface area is 121 Å². The number of ether oxygens (including phenoxy) is 2. The van der Waals surface area contributed by atoms with E-state index in [1.54, 1.807) is 17.4 Å². The van der Waals surface area contributed by atoms with Gasteiger partial charge in [0.05, 0.1) is 12.7 Å². The van der Waals surface area contributed by atoms with Crippen LogP contribution in [-0.2, 0) is 4.74 Å². The van der Waals surface area contributed by atoms with E-state index in [9.17, 15) is 4.79 Å². The molecule has 0 spiro atoms. The van der Waals surface area contributed by atoms with Gasteiger partial charge in [0.15, 0.2) is 0 Å². The molecule has 1 aliphatic rings. The normalized spacial score (nSPS) is 16.9. The van der Waals surface area contributed by atoms with Gasteiger partial charge in [0.1, 0.15) is 11.9 Å². The van der Waals surface area contributed by atoms with Gasteiger partial charge >= 0.3 is 5.97 Å². The molecule has 0 N–H and O–H groups in total. The van der Waals surface area contributed by atoms with Crippen molar-refractivity contribution >= 4 is 22.9 Å². The van der Waals surface area contributed by atoms with Gasteiger partial charge in [-0.25, -0.2) is 4.79 Å². The van der Waals surface area contributed by atoms with Gasteiger partial charge in [-0.05, 0) is 59.2 Å². The quantitative estimate of drug-likeness (QED) is 0.789. The van der Waals surface area contributed by atoms with Crippen LogP contribution in [0.3, 0.4) is 0 Å². The Hall–Kier alpha value is -2.07. The fourth-order valence-corrected chi connectivity index (χ4v) is 2.97. The van der Waals surface area contributed by atoms with Crippen LogP contribution in [0, 0.1) is 0 Å². The van der Waals surface area contributed by atoms with Gasteiger partial charge in [-0.1, -0.05) is 0 Å². The Morgan fingerprint density at radius 3 is 2.90 bits per heavy atom. The smallest absolute Gasteiger partial charge is 0.337 e. The summed E-state index contributed by atoms with van der Waals surface area (Å²) >= 11 is 1.65. The van der Waals surface area contributed by atoms with E-state index in [1.807, 2.05) is 24.4 Å². The zero-order valence-electron chi connectivity index (χ0n) is 11.3. The number of rotatable bonds is 2. The number of thiophene rings is 1. The summed E-state index contributed by atoms with van der Waals surface area (Å²) in [6, 6.07) is 7.46. The first-order valence-electron chi connectivity index (χ1n) is 6.33. The number of hydrogen-bond acceptors (Lipinski definition) is 4. The third-order valence-corrected chi connectivity index (χ3v) is 3.92. The van der Waals surface area contributed by atoms with Crippen molar-refractivity contribution in [2.45, 2.75) is 13.0 Å². The topological polar surface area (TPSA) is 35.5 Å². The van der Waals surface area contributed by atoms with Gasteiger partial charge in [0.25, 0.3) is 0 Å². The molecule has 102 valence electrons.